The summed E-state index contributed by atoms with van der Waals surface area (Å²) in [6, 6.07) is 0. The highest BCUT2D eigenvalue weighted by atomic mass is 15.3. The van der Waals surface area contributed by atoms with E-state index in [0.29, 0.717) is 0 Å². The molecule has 0 aromatic carbocycles. The zero-order chi connectivity index (χ0) is 13.3. The van der Waals surface area contributed by atoms with Crippen LogP contribution in [-0.4, -0.2) is 62.7 Å². The average molecular weight is 242 g/mol. The number of nitrogens with zero attached hydrogens (tertiary/aromatic N) is 3. The van der Waals surface area contributed by atoms with Crippen LogP contribution in [0.3, 0.4) is 0 Å². The van der Waals surface area contributed by atoms with Gasteiger partial charge in [0.1, 0.15) is 0 Å². The first-order valence-corrected chi connectivity index (χ1v) is 6.29. The van der Waals surface area contributed by atoms with Gasteiger partial charge in [-0.25, -0.2) is 10.3 Å². The fraction of sp³-hybridized carbons (Fsp3) is 0.833. The summed E-state index contributed by atoms with van der Waals surface area (Å²) in [7, 11) is 8.05. The van der Waals surface area contributed by atoms with Crippen LogP contribution in [-0.2, 0) is 0 Å². The number of hydrogen-bond acceptors (Lipinski definition) is 1. The fourth-order valence-corrected chi connectivity index (χ4v) is 1.34. The molecule has 17 heavy (non-hydrogen) atoms. The molecule has 0 unspecified atom stereocenters. The van der Waals surface area contributed by atoms with Gasteiger partial charge in [0.05, 0.1) is 28.2 Å². The molecular weight excluding hydrogens is 214 g/mol. The predicted octanol–water partition coefficient (Wildman–Crippen LogP) is 0.531. The molecule has 0 fully saturated rings. The zero-order valence-electron chi connectivity index (χ0n) is 12.2. The molecule has 0 aliphatic rings. The second kappa shape index (κ2) is 8.84. The van der Waals surface area contributed by atoms with Gasteiger partial charge in [0.15, 0.2) is 0 Å². The highest BCUT2D eigenvalue weighted by Crippen LogP contribution is 1.83. The Balaban J connectivity index is 4.66. The van der Waals surface area contributed by atoms with Crippen molar-refractivity contribution < 1.29 is 4.58 Å². The van der Waals surface area contributed by atoms with E-state index in [1.807, 2.05) is 37.7 Å². The van der Waals surface area contributed by atoms with Crippen LogP contribution in [0.15, 0.2) is 4.99 Å². The van der Waals surface area contributed by atoms with Gasteiger partial charge in [0.25, 0.3) is 5.96 Å². The van der Waals surface area contributed by atoms with E-state index < -0.39 is 0 Å². The van der Waals surface area contributed by atoms with Crippen molar-refractivity contribution >= 4 is 11.9 Å². The minimum Gasteiger partial charge on any atom is -0.343 e. The summed E-state index contributed by atoms with van der Waals surface area (Å²) < 4.78 is 2.04. The molecule has 0 saturated carbocycles. The fourth-order valence-electron chi connectivity index (χ4n) is 1.34. The first kappa shape index (κ1) is 15.7. The Kier molecular flexibility index (Phi) is 8.19. The molecule has 0 saturated heterocycles. The third-order valence-corrected chi connectivity index (χ3v) is 2.11. The van der Waals surface area contributed by atoms with E-state index in [-0.39, 0.29) is 0 Å². The van der Waals surface area contributed by atoms with Crippen LogP contribution in [0.25, 0.3) is 0 Å². The zero-order valence-corrected chi connectivity index (χ0v) is 12.2. The molecule has 0 heterocycles. The lowest BCUT2D eigenvalue weighted by Gasteiger charge is -2.14. The molecule has 100 valence electrons. The summed E-state index contributed by atoms with van der Waals surface area (Å²) in [6.45, 7) is 6.05. The number of nitrogens with one attached hydrogen (secondary N) is 2. The molecule has 5 heteroatoms. The maximum absolute atomic E-state index is 4.50. The van der Waals surface area contributed by atoms with Crippen molar-refractivity contribution in [2.45, 2.75) is 26.7 Å². The Morgan fingerprint density at radius 2 is 1.82 bits per heavy atom. The third kappa shape index (κ3) is 6.81. The molecule has 0 rings (SSSR count). The molecule has 0 spiro atoms. The second-order valence-electron chi connectivity index (χ2n) is 4.39. The quantitative estimate of drug-likeness (QED) is 0.429. The van der Waals surface area contributed by atoms with E-state index >= 15 is 0 Å². The van der Waals surface area contributed by atoms with Crippen molar-refractivity contribution in [3.8, 4) is 0 Å². The summed E-state index contributed by atoms with van der Waals surface area (Å²) >= 11 is 0. The molecule has 0 aliphatic carbocycles. The van der Waals surface area contributed by atoms with Gasteiger partial charge in [-0.15, -0.1) is 0 Å². The van der Waals surface area contributed by atoms with Crippen LogP contribution < -0.4 is 10.6 Å². The Hall–Kier alpha value is -1.26. The number of aliphatic imine (C=N–C) groups is 1. The molecule has 2 N–H and O–H groups in total. The predicted molar refractivity (Wildman–Crippen MR) is 74.8 cm³/mol. The van der Waals surface area contributed by atoms with Crippen LogP contribution in [0.1, 0.15) is 26.7 Å². The number of rotatable bonds is 4. The van der Waals surface area contributed by atoms with E-state index in [1.54, 1.807) is 0 Å². The molecule has 0 radical (unpaired) electrons. The Morgan fingerprint density at radius 3 is 2.24 bits per heavy atom. The molecule has 0 bridgehead atoms. The van der Waals surface area contributed by atoms with E-state index in [2.05, 4.69) is 29.5 Å². The van der Waals surface area contributed by atoms with Gasteiger partial charge >= 0.3 is 5.96 Å². The number of guanidine groups is 2. The first-order valence-electron chi connectivity index (χ1n) is 6.29. The number of hydrogen-bond donors (Lipinski definition) is 2. The summed E-state index contributed by atoms with van der Waals surface area (Å²) in [5, 5.41) is 6.64. The normalized spacial score (nSPS) is 11.1. The van der Waals surface area contributed by atoms with Gasteiger partial charge in [0.2, 0.25) is 0 Å². The van der Waals surface area contributed by atoms with Gasteiger partial charge in [-0.2, -0.15) is 0 Å². The van der Waals surface area contributed by atoms with Crippen molar-refractivity contribution in [1.82, 2.24) is 15.5 Å². The molecule has 0 aliphatic heterocycles. The lowest BCUT2D eigenvalue weighted by Crippen LogP contribution is -2.50. The van der Waals surface area contributed by atoms with E-state index in [9.17, 15) is 0 Å². The van der Waals surface area contributed by atoms with Gasteiger partial charge < -0.3 is 5.32 Å². The van der Waals surface area contributed by atoms with E-state index in [4.69, 9.17) is 0 Å². The highest BCUT2D eigenvalue weighted by Gasteiger charge is 2.14. The summed E-state index contributed by atoms with van der Waals surface area (Å²) in [5.74, 6) is 1.87. The third-order valence-electron chi connectivity index (χ3n) is 2.11. The topological polar surface area (TPSA) is 42.7 Å². The van der Waals surface area contributed by atoms with Gasteiger partial charge in [-0.3, -0.25) is 9.48 Å². The summed E-state index contributed by atoms with van der Waals surface area (Å²) in [6.07, 6.45) is 2.14. The van der Waals surface area contributed by atoms with Crippen LogP contribution in [0.4, 0.5) is 0 Å². The van der Waals surface area contributed by atoms with Crippen molar-refractivity contribution in [3.63, 3.8) is 0 Å². The van der Waals surface area contributed by atoms with Gasteiger partial charge in [-0.05, 0) is 12.8 Å². The maximum atomic E-state index is 4.50. The largest absolute Gasteiger partial charge is 0.354 e. The monoisotopic (exact) mass is 242 g/mol. The van der Waals surface area contributed by atoms with E-state index in [1.165, 1.54) is 0 Å². The molecule has 0 aromatic heterocycles. The summed E-state index contributed by atoms with van der Waals surface area (Å²) in [5.41, 5.74) is 0. The Bertz CT molecular complexity index is 264. The minimum absolute atomic E-state index is 0.840. The van der Waals surface area contributed by atoms with Crippen LogP contribution in [0.5, 0.6) is 0 Å². The van der Waals surface area contributed by atoms with Gasteiger partial charge in [0, 0.05) is 13.1 Å². The van der Waals surface area contributed by atoms with Crippen molar-refractivity contribution in [2.24, 2.45) is 4.99 Å². The Labute approximate surface area is 106 Å². The standard InChI is InChI=1S/C12H27N5/c1-7-9-13-11(14-10-8-2)15-12(16(3)4)17(5)6/h7-10H2,1-6H3,(H,13,14)/p+1. The van der Waals surface area contributed by atoms with Crippen molar-refractivity contribution in [3.05, 3.63) is 0 Å². The van der Waals surface area contributed by atoms with Gasteiger partial charge in [-0.1, -0.05) is 13.8 Å². The maximum Gasteiger partial charge on any atom is 0.354 e. The molecule has 5 nitrogen and oxygen atoms in total. The lowest BCUT2D eigenvalue weighted by molar-refractivity contribution is -0.471. The molecule has 0 atom stereocenters. The molecule has 0 aromatic rings. The average Bonchev–Trinajstić information content (AvgIpc) is 2.27. The highest BCUT2D eigenvalue weighted by molar-refractivity contribution is 5.96. The smallest absolute Gasteiger partial charge is 0.343 e. The Morgan fingerprint density at radius 1 is 1.18 bits per heavy atom. The van der Waals surface area contributed by atoms with Crippen molar-refractivity contribution in [1.29, 1.82) is 0 Å². The van der Waals surface area contributed by atoms with Crippen LogP contribution in [0.2, 0.25) is 0 Å². The minimum atomic E-state index is 0.840. The first-order chi connectivity index (χ1) is 8.02. The van der Waals surface area contributed by atoms with Crippen molar-refractivity contribution in [2.75, 3.05) is 41.3 Å². The lowest BCUT2D eigenvalue weighted by atomic mass is 10.5. The summed E-state index contributed by atoms with van der Waals surface area (Å²) in [4.78, 5) is 6.54. The molecule has 0 amide bonds. The van der Waals surface area contributed by atoms with E-state index in [0.717, 1.165) is 37.9 Å². The second-order valence-corrected chi connectivity index (χ2v) is 4.39. The van der Waals surface area contributed by atoms with Crippen LogP contribution in [0, 0.1) is 0 Å². The SMILES string of the molecule is CCCN=C(NCCC)NC(N(C)C)=[N+](C)C. The molecular formula is C12H28N5+. The van der Waals surface area contributed by atoms with Crippen LogP contribution >= 0.6 is 0 Å².